The maximum Gasteiger partial charge on any atom is 0.191 e. The van der Waals surface area contributed by atoms with Crippen LogP contribution in [0.5, 0.6) is 0 Å². The molecule has 4 aliphatic rings. The molecule has 1 aromatic rings. The SMILES string of the molecule is O=C(c1cccs1)C1CN2CN3CCN(C2)CN1C3. The molecule has 19 heavy (non-hydrogen) atoms. The zero-order valence-electron chi connectivity index (χ0n) is 10.9. The molecule has 0 aliphatic carbocycles. The summed E-state index contributed by atoms with van der Waals surface area (Å²) in [7, 11) is 0. The maximum atomic E-state index is 12.7. The molecule has 3 atom stereocenters. The van der Waals surface area contributed by atoms with E-state index in [0.29, 0.717) is 5.78 Å². The van der Waals surface area contributed by atoms with Gasteiger partial charge in [-0.2, -0.15) is 0 Å². The molecule has 5 rings (SSSR count). The molecule has 4 aliphatic heterocycles. The largest absolute Gasteiger partial charge is 0.291 e. The lowest BCUT2D eigenvalue weighted by molar-refractivity contribution is 0.0587. The van der Waals surface area contributed by atoms with Crippen molar-refractivity contribution in [2.75, 3.05) is 46.3 Å². The Kier molecular flexibility index (Phi) is 2.93. The monoisotopic (exact) mass is 278 g/mol. The first-order valence-electron chi connectivity index (χ1n) is 6.78. The van der Waals surface area contributed by atoms with Crippen molar-refractivity contribution in [3.8, 4) is 0 Å². The molecule has 4 saturated heterocycles. The van der Waals surface area contributed by atoms with Gasteiger partial charge in [0.2, 0.25) is 0 Å². The molecule has 6 heteroatoms. The van der Waals surface area contributed by atoms with Gasteiger partial charge in [-0.3, -0.25) is 24.4 Å². The van der Waals surface area contributed by atoms with Gasteiger partial charge in [-0.25, -0.2) is 0 Å². The fourth-order valence-corrected chi connectivity index (χ4v) is 4.04. The van der Waals surface area contributed by atoms with Crippen molar-refractivity contribution in [3.63, 3.8) is 0 Å². The number of thiophene rings is 1. The Morgan fingerprint density at radius 2 is 1.84 bits per heavy atom. The van der Waals surface area contributed by atoms with E-state index in [1.165, 1.54) is 0 Å². The Morgan fingerprint density at radius 3 is 2.47 bits per heavy atom. The Morgan fingerprint density at radius 1 is 1.11 bits per heavy atom. The highest BCUT2D eigenvalue weighted by Gasteiger charge is 2.39. The molecule has 0 saturated carbocycles. The number of rotatable bonds is 2. The average Bonchev–Trinajstić information content (AvgIpc) is 2.59. The highest BCUT2D eigenvalue weighted by atomic mass is 32.1. The molecule has 0 spiro atoms. The van der Waals surface area contributed by atoms with Crippen molar-refractivity contribution in [3.05, 3.63) is 22.4 Å². The second-order valence-corrected chi connectivity index (χ2v) is 6.60. The average molecular weight is 278 g/mol. The zero-order valence-corrected chi connectivity index (χ0v) is 11.7. The summed E-state index contributed by atoms with van der Waals surface area (Å²) in [5.74, 6) is 0.297. The maximum absolute atomic E-state index is 12.7. The molecule has 0 N–H and O–H groups in total. The summed E-state index contributed by atoms with van der Waals surface area (Å²) in [6, 6.07) is 3.94. The summed E-state index contributed by atoms with van der Waals surface area (Å²) in [4.78, 5) is 23.3. The molecule has 1 aromatic heterocycles. The minimum Gasteiger partial charge on any atom is -0.291 e. The number of carbonyl (C=O) groups excluding carboxylic acids is 1. The number of ketones is 1. The standard InChI is InChI=1S/C13H18N4OS/c18-13(12-2-1-5-19-12)11-6-16-7-14-3-4-15(8-16)10-17(11)9-14/h1-2,5,11H,3-4,6-10H2. The lowest BCUT2D eigenvalue weighted by atomic mass is 10.1. The number of fused-ring (bicyclic) bond motifs is 2. The molecular formula is C13H18N4OS. The first-order valence-corrected chi connectivity index (χ1v) is 7.66. The van der Waals surface area contributed by atoms with Crippen LogP contribution in [0.2, 0.25) is 0 Å². The fourth-order valence-electron chi connectivity index (χ4n) is 3.33. The van der Waals surface area contributed by atoms with E-state index in [-0.39, 0.29) is 6.04 Å². The Labute approximate surface area is 117 Å². The molecule has 0 amide bonds. The predicted octanol–water partition coefficient (Wildman–Crippen LogP) is 0.378. The van der Waals surface area contributed by atoms with E-state index in [2.05, 4.69) is 19.6 Å². The molecule has 5 nitrogen and oxygen atoms in total. The Balaban J connectivity index is 1.65. The minimum absolute atomic E-state index is 0.0201. The van der Waals surface area contributed by atoms with Gasteiger partial charge in [-0.05, 0) is 11.4 Å². The highest BCUT2D eigenvalue weighted by Crippen LogP contribution is 2.23. The van der Waals surface area contributed by atoms with Crippen molar-refractivity contribution in [1.82, 2.24) is 19.6 Å². The lowest BCUT2D eigenvalue weighted by Crippen LogP contribution is -2.47. The first-order chi connectivity index (χ1) is 9.29. The molecule has 5 heterocycles. The van der Waals surface area contributed by atoms with Crippen LogP contribution < -0.4 is 0 Å². The van der Waals surface area contributed by atoms with Gasteiger partial charge in [0.25, 0.3) is 0 Å². The molecule has 4 fully saturated rings. The van der Waals surface area contributed by atoms with E-state index in [9.17, 15) is 4.79 Å². The van der Waals surface area contributed by atoms with Crippen molar-refractivity contribution in [1.29, 1.82) is 0 Å². The van der Waals surface area contributed by atoms with Gasteiger partial charge in [-0.15, -0.1) is 11.3 Å². The number of Topliss-reactive ketones (excluding diaryl/α,β-unsaturated/α-hetero) is 1. The quantitative estimate of drug-likeness (QED) is 0.730. The predicted molar refractivity (Wildman–Crippen MR) is 73.9 cm³/mol. The van der Waals surface area contributed by atoms with Crippen molar-refractivity contribution >= 4 is 17.1 Å². The second kappa shape index (κ2) is 4.64. The van der Waals surface area contributed by atoms with Crippen molar-refractivity contribution in [2.24, 2.45) is 0 Å². The van der Waals surface area contributed by atoms with Crippen molar-refractivity contribution in [2.45, 2.75) is 6.04 Å². The summed E-state index contributed by atoms with van der Waals surface area (Å²) in [6.07, 6.45) is 0. The second-order valence-electron chi connectivity index (χ2n) is 5.65. The number of nitrogens with zero attached hydrogens (tertiary/aromatic N) is 4. The molecule has 0 aromatic carbocycles. The summed E-state index contributed by atoms with van der Waals surface area (Å²) in [5.41, 5.74) is 0. The lowest BCUT2D eigenvalue weighted by Gasteiger charge is -2.30. The van der Waals surface area contributed by atoms with Gasteiger partial charge in [0.1, 0.15) is 0 Å². The molecule has 0 radical (unpaired) electrons. The van der Waals surface area contributed by atoms with Crippen LogP contribution >= 0.6 is 11.3 Å². The fraction of sp³-hybridized carbons (Fsp3) is 0.615. The third kappa shape index (κ3) is 2.13. The first kappa shape index (κ1) is 12.0. The number of carbonyl (C=O) groups is 1. The highest BCUT2D eigenvalue weighted by molar-refractivity contribution is 7.12. The third-order valence-electron chi connectivity index (χ3n) is 4.23. The van der Waals surface area contributed by atoms with Crippen LogP contribution in [0.15, 0.2) is 17.5 Å². The van der Waals surface area contributed by atoms with E-state index in [1.807, 2.05) is 17.5 Å². The molecule has 4 bridgehead atoms. The molecule has 3 unspecified atom stereocenters. The van der Waals surface area contributed by atoms with Crippen molar-refractivity contribution < 1.29 is 4.79 Å². The minimum atomic E-state index is 0.0201. The van der Waals surface area contributed by atoms with Crippen LogP contribution in [0.25, 0.3) is 0 Å². The van der Waals surface area contributed by atoms with E-state index in [1.54, 1.807) is 11.3 Å². The van der Waals surface area contributed by atoms with E-state index >= 15 is 0 Å². The van der Waals surface area contributed by atoms with Gasteiger partial charge >= 0.3 is 0 Å². The van der Waals surface area contributed by atoms with Gasteiger partial charge in [-0.1, -0.05) is 6.07 Å². The van der Waals surface area contributed by atoms with E-state index < -0.39 is 0 Å². The Bertz CT molecular complexity index is 461. The van der Waals surface area contributed by atoms with Gasteiger partial charge < -0.3 is 0 Å². The summed E-state index contributed by atoms with van der Waals surface area (Å²) in [6.45, 7) is 6.95. The van der Waals surface area contributed by atoms with Gasteiger partial charge in [0.15, 0.2) is 5.78 Å². The molecule has 102 valence electrons. The summed E-state index contributed by atoms with van der Waals surface area (Å²) < 4.78 is 0. The topological polar surface area (TPSA) is 30.0 Å². The van der Waals surface area contributed by atoms with Crippen LogP contribution in [0.4, 0.5) is 0 Å². The summed E-state index contributed by atoms with van der Waals surface area (Å²) in [5, 5.41) is 1.99. The van der Waals surface area contributed by atoms with Crippen LogP contribution in [0.1, 0.15) is 9.67 Å². The van der Waals surface area contributed by atoms with E-state index in [0.717, 1.165) is 51.2 Å². The Hall–Kier alpha value is -0.790. The normalized spacial score (nSPS) is 40.9. The number of hydrogen-bond donors (Lipinski definition) is 0. The van der Waals surface area contributed by atoms with Crippen LogP contribution in [0, 0.1) is 0 Å². The van der Waals surface area contributed by atoms with Crippen LogP contribution in [0.3, 0.4) is 0 Å². The van der Waals surface area contributed by atoms with E-state index in [4.69, 9.17) is 0 Å². The summed E-state index contributed by atoms with van der Waals surface area (Å²) >= 11 is 1.56. The van der Waals surface area contributed by atoms with Crippen LogP contribution in [-0.2, 0) is 0 Å². The zero-order chi connectivity index (χ0) is 12.8. The molecular weight excluding hydrogens is 260 g/mol. The smallest absolute Gasteiger partial charge is 0.191 e. The van der Waals surface area contributed by atoms with Crippen LogP contribution in [-0.4, -0.2) is 77.7 Å². The third-order valence-corrected chi connectivity index (χ3v) is 5.12. The number of hydrogen-bond acceptors (Lipinski definition) is 6. The van der Waals surface area contributed by atoms with Gasteiger partial charge in [0, 0.05) is 19.6 Å². The van der Waals surface area contributed by atoms with Gasteiger partial charge in [0.05, 0.1) is 37.6 Å².